The van der Waals surface area contributed by atoms with E-state index in [1.165, 1.54) is 49.7 Å². The smallest absolute Gasteiger partial charge is 0.0130 e. The molecule has 1 fully saturated rings. The Balaban J connectivity index is 0.00000122. The summed E-state index contributed by atoms with van der Waals surface area (Å²) in [7, 11) is 0. The molecule has 2 unspecified atom stereocenters. The van der Waals surface area contributed by atoms with Gasteiger partial charge in [0.25, 0.3) is 0 Å². The minimum absolute atomic E-state index is 0.273. The molecule has 0 N–H and O–H groups in total. The standard InChI is InChI=1S/C25H42.C3H6/c1-9-19(3)22-12-10-11-20(4)23(22)24(6,7)17-21(5)25(8)15-13-18(2)14-16-25;1-3-2/h9-10,12,18,20-21H,11,13-17H2,1-8H3;3H,1H2,2H3/b19-9+;. The van der Waals surface area contributed by atoms with E-state index in [1.54, 1.807) is 11.6 Å². The average molecular weight is 385 g/mol. The van der Waals surface area contributed by atoms with Crippen LogP contribution in [0.25, 0.3) is 0 Å². The Bertz CT molecular complexity index is 588. The van der Waals surface area contributed by atoms with Crippen LogP contribution in [0.15, 0.2) is 47.6 Å². The normalized spacial score (nSPS) is 29.8. The fourth-order valence-electron chi connectivity index (χ4n) is 5.43. The van der Waals surface area contributed by atoms with Gasteiger partial charge in [-0.15, -0.1) is 6.58 Å². The van der Waals surface area contributed by atoms with E-state index in [2.05, 4.69) is 80.2 Å². The zero-order valence-electron chi connectivity index (χ0n) is 20.5. The van der Waals surface area contributed by atoms with Crippen LogP contribution >= 0.6 is 0 Å². The Morgan fingerprint density at radius 1 is 1.25 bits per heavy atom. The van der Waals surface area contributed by atoms with Crippen molar-refractivity contribution in [2.45, 2.75) is 101 Å². The first-order valence-electron chi connectivity index (χ1n) is 11.6. The molecule has 0 saturated heterocycles. The zero-order valence-corrected chi connectivity index (χ0v) is 20.5. The molecule has 0 heterocycles. The molecule has 2 rings (SSSR count). The lowest BCUT2D eigenvalue weighted by atomic mass is 9.59. The van der Waals surface area contributed by atoms with Crippen LogP contribution in [-0.2, 0) is 0 Å². The summed E-state index contributed by atoms with van der Waals surface area (Å²) in [6.45, 7) is 24.7. The average Bonchev–Trinajstić information content (AvgIpc) is 2.63. The van der Waals surface area contributed by atoms with Gasteiger partial charge < -0.3 is 0 Å². The van der Waals surface area contributed by atoms with Crippen LogP contribution in [-0.4, -0.2) is 0 Å². The number of hydrogen-bond donors (Lipinski definition) is 0. The quantitative estimate of drug-likeness (QED) is 0.414. The summed E-state index contributed by atoms with van der Waals surface area (Å²) in [6, 6.07) is 0. The van der Waals surface area contributed by atoms with Gasteiger partial charge in [-0.1, -0.05) is 84.3 Å². The van der Waals surface area contributed by atoms with E-state index < -0.39 is 0 Å². The molecule has 28 heavy (non-hydrogen) atoms. The molecule has 0 spiro atoms. The highest BCUT2D eigenvalue weighted by molar-refractivity contribution is 5.47. The van der Waals surface area contributed by atoms with Crippen LogP contribution in [0.5, 0.6) is 0 Å². The molecule has 0 nitrogen and oxygen atoms in total. The summed E-state index contributed by atoms with van der Waals surface area (Å²) >= 11 is 0. The maximum Gasteiger partial charge on any atom is -0.0130 e. The second-order valence-corrected chi connectivity index (χ2v) is 10.6. The van der Waals surface area contributed by atoms with Crippen molar-refractivity contribution in [3.05, 3.63) is 47.6 Å². The van der Waals surface area contributed by atoms with Gasteiger partial charge in [0.2, 0.25) is 0 Å². The van der Waals surface area contributed by atoms with Crippen molar-refractivity contribution in [2.24, 2.45) is 28.6 Å². The molecular weight excluding hydrogens is 336 g/mol. The second-order valence-electron chi connectivity index (χ2n) is 10.6. The molecule has 0 radical (unpaired) electrons. The fraction of sp³-hybridized carbons (Fsp3) is 0.714. The summed E-state index contributed by atoms with van der Waals surface area (Å²) in [4.78, 5) is 0. The van der Waals surface area contributed by atoms with E-state index in [-0.39, 0.29) is 5.41 Å². The third kappa shape index (κ3) is 6.23. The first-order chi connectivity index (χ1) is 13.0. The van der Waals surface area contributed by atoms with Gasteiger partial charge in [-0.05, 0) is 86.2 Å². The van der Waals surface area contributed by atoms with E-state index in [1.807, 2.05) is 6.92 Å². The molecule has 0 aromatic heterocycles. The molecule has 160 valence electrons. The van der Waals surface area contributed by atoms with E-state index in [0.29, 0.717) is 11.3 Å². The largest absolute Gasteiger partial charge is 0.103 e. The van der Waals surface area contributed by atoms with Gasteiger partial charge in [0.1, 0.15) is 0 Å². The minimum atomic E-state index is 0.273. The summed E-state index contributed by atoms with van der Waals surface area (Å²) < 4.78 is 0. The molecule has 0 aromatic rings. The number of rotatable bonds is 5. The van der Waals surface area contributed by atoms with Gasteiger partial charge in [-0.2, -0.15) is 0 Å². The van der Waals surface area contributed by atoms with E-state index >= 15 is 0 Å². The molecule has 0 aliphatic heterocycles. The van der Waals surface area contributed by atoms with Crippen LogP contribution in [0.2, 0.25) is 0 Å². The zero-order chi connectivity index (χ0) is 21.5. The van der Waals surface area contributed by atoms with E-state index in [9.17, 15) is 0 Å². The van der Waals surface area contributed by atoms with Crippen molar-refractivity contribution in [3.8, 4) is 0 Å². The third-order valence-electron chi connectivity index (χ3n) is 7.57. The first kappa shape index (κ1) is 25.0. The first-order valence-corrected chi connectivity index (χ1v) is 11.6. The van der Waals surface area contributed by atoms with Crippen LogP contribution in [0, 0.1) is 28.6 Å². The molecule has 0 amide bonds. The Morgan fingerprint density at radius 3 is 2.29 bits per heavy atom. The van der Waals surface area contributed by atoms with Crippen molar-refractivity contribution in [3.63, 3.8) is 0 Å². The lowest BCUT2D eigenvalue weighted by Crippen LogP contribution is -2.35. The number of allylic oxidation sites excluding steroid dienone is 7. The van der Waals surface area contributed by atoms with Crippen molar-refractivity contribution < 1.29 is 0 Å². The Kier molecular flexibility index (Phi) is 9.51. The highest BCUT2D eigenvalue weighted by atomic mass is 14.4. The second kappa shape index (κ2) is 10.7. The van der Waals surface area contributed by atoms with Crippen molar-refractivity contribution in [1.82, 2.24) is 0 Å². The summed E-state index contributed by atoms with van der Waals surface area (Å²) in [5, 5.41) is 0. The van der Waals surface area contributed by atoms with Crippen molar-refractivity contribution >= 4 is 0 Å². The molecule has 2 aliphatic carbocycles. The molecule has 2 atom stereocenters. The lowest BCUT2D eigenvalue weighted by molar-refractivity contribution is 0.0796. The van der Waals surface area contributed by atoms with Crippen LogP contribution < -0.4 is 0 Å². The van der Waals surface area contributed by atoms with E-state index in [4.69, 9.17) is 0 Å². The van der Waals surface area contributed by atoms with Crippen molar-refractivity contribution in [1.29, 1.82) is 0 Å². The lowest BCUT2D eigenvalue weighted by Gasteiger charge is -2.46. The topological polar surface area (TPSA) is 0 Å². The minimum Gasteiger partial charge on any atom is -0.103 e. The molecule has 0 aromatic carbocycles. The van der Waals surface area contributed by atoms with Gasteiger partial charge in [0, 0.05) is 0 Å². The van der Waals surface area contributed by atoms with Gasteiger partial charge in [-0.25, -0.2) is 0 Å². The van der Waals surface area contributed by atoms with Gasteiger partial charge >= 0.3 is 0 Å². The summed E-state index contributed by atoms with van der Waals surface area (Å²) in [5.41, 5.74) is 5.46. The fourth-order valence-corrected chi connectivity index (χ4v) is 5.43. The molecule has 0 heteroatoms. The molecular formula is C28H48. The van der Waals surface area contributed by atoms with Crippen molar-refractivity contribution in [2.75, 3.05) is 0 Å². The Morgan fingerprint density at radius 2 is 1.79 bits per heavy atom. The third-order valence-corrected chi connectivity index (χ3v) is 7.57. The molecule has 0 bridgehead atoms. The maximum absolute atomic E-state index is 3.36. The predicted octanol–water partition coefficient (Wildman–Crippen LogP) is 9.31. The highest BCUT2D eigenvalue weighted by Gasteiger charge is 2.39. The summed E-state index contributed by atoms with van der Waals surface area (Å²) in [6.07, 6.45) is 17.0. The molecule has 1 saturated carbocycles. The predicted molar refractivity (Wildman–Crippen MR) is 129 cm³/mol. The van der Waals surface area contributed by atoms with Gasteiger partial charge in [-0.3, -0.25) is 0 Å². The summed E-state index contributed by atoms with van der Waals surface area (Å²) in [5.74, 6) is 2.38. The van der Waals surface area contributed by atoms with Crippen LogP contribution in [0.4, 0.5) is 0 Å². The highest BCUT2D eigenvalue weighted by Crippen LogP contribution is 2.51. The molecule has 2 aliphatic rings. The SMILES string of the molecule is C/C=C(\C)C1=C(C(C)(C)CC(C)C2(C)CCC(C)CC2)C(C)CC=C1.C=CC. The van der Waals surface area contributed by atoms with Crippen LogP contribution in [0.3, 0.4) is 0 Å². The van der Waals surface area contributed by atoms with Crippen LogP contribution in [0.1, 0.15) is 101 Å². The van der Waals surface area contributed by atoms with Gasteiger partial charge in [0.15, 0.2) is 0 Å². The Hall–Kier alpha value is -1.04. The maximum atomic E-state index is 3.36. The number of hydrogen-bond acceptors (Lipinski definition) is 0. The Labute approximate surface area is 177 Å². The van der Waals surface area contributed by atoms with E-state index in [0.717, 1.165) is 11.8 Å². The monoisotopic (exact) mass is 384 g/mol. The van der Waals surface area contributed by atoms with Gasteiger partial charge in [0.05, 0.1) is 0 Å².